The van der Waals surface area contributed by atoms with Gasteiger partial charge in [-0.1, -0.05) is 0 Å². The quantitative estimate of drug-likeness (QED) is 0.512. The summed E-state index contributed by atoms with van der Waals surface area (Å²) >= 11 is 0. The molecule has 0 aromatic carbocycles. The van der Waals surface area contributed by atoms with Crippen LogP contribution in [0.25, 0.3) is 0 Å². The first-order chi connectivity index (χ1) is 7.36. The third-order valence-electron chi connectivity index (χ3n) is 2.70. The molecule has 0 aromatic rings. The van der Waals surface area contributed by atoms with E-state index in [1.54, 1.807) is 0 Å². The number of aliphatic hydroxyl groups excluding tert-OH is 1. The van der Waals surface area contributed by atoms with Crippen LogP contribution in [-0.4, -0.2) is 80.5 Å². The van der Waals surface area contributed by atoms with E-state index in [1.807, 2.05) is 0 Å². The van der Waals surface area contributed by atoms with Crippen LogP contribution in [0.5, 0.6) is 0 Å². The second-order valence-corrected chi connectivity index (χ2v) is 3.81. The maximum Gasteiger partial charge on any atom is 0.0698 e. The Kier molecular flexibility index (Phi) is 6.87. The van der Waals surface area contributed by atoms with Crippen LogP contribution in [0, 0.1) is 0 Å². The standard InChI is InChI=1S/C10H23N3O2/c11-1-2-12-3-5-13(6-4-12)7-9-15-10-8-14/h14H,1-11H2. The second kappa shape index (κ2) is 8.01. The third-order valence-corrected chi connectivity index (χ3v) is 2.70. The molecule has 1 heterocycles. The zero-order valence-corrected chi connectivity index (χ0v) is 9.40. The molecule has 1 saturated heterocycles. The summed E-state index contributed by atoms with van der Waals surface area (Å²) < 4.78 is 5.23. The maximum absolute atomic E-state index is 8.54. The fourth-order valence-corrected chi connectivity index (χ4v) is 1.78. The number of ether oxygens (including phenoxy) is 1. The van der Waals surface area contributed by atoms with E-state index in [1.165, 1.54) is 0 Å². The topological polar surface area (TPSA) is 62.0 Å². The van der Waals surface area contributed by atoms with Crippen molar-refractivity contribution < 1.29 is 9.84 Å². The van der Waals surface area contributed by atoms with E-state index in [4.69, 9.17) is 15.6 Å². The highest BCUT2D eigenvalue weighted by atomic mass is 16.5. The predicted octanol–water partition coefficient (Wildman–Crippen LogP) is -1.43. The van der Waals surface area contributed by atoms with Gasteiger partial charge in [0.15, 0.2) is 0 Å². The zero-order chi connectivity index (χ0) is 10.9. The minimum Gasteiger partial charge on any atom is -0.394 e. The van der Waals surface area contributed by atoms with Gasteiger partial charge in [-0.25, -0.2) is 0 Å². The van der Waals surface area contributed by atoms with E-state index in [2.05, 4.69) is 9.80 Å². The molecule has 1 fully saturated rings. The van der Waals surface area contributed by atoms with Crippen LogP contribution in [0.15, 0.2) is 0 Å². The predicted molar refractivity (Wildman–Crippen MR) is 59.8 cm³/mol. The van der Waals surface area contributed by atoms with Gasteiger partial charge < -0.3 is 15.6 Å². The van der Waals surface area contributed by atoms with Gasteiger partial charge in [0.2, 0.25) is 0 Å². The first-order valence-electron chi connectivity index (χ1n) is 5.70. The lowest BCUT2D eigenvalue weighted by molar-refractivity contribution is 0.0581. The minimum atomic E-state index is 0.115. The molecule has 5 heteroatoms. The molecule has 1 aliphatic rings. The first kappa shape index (κ1) is 12.9. The largest absolute Gasteiger partial charge is 0.394 e. The highest BCUT2D eigenvalue weighted by Gasteiger charge is 2.15. The lowest BCUT2D eigenvalue weighted by Gasteiger charge is -2.34. The molecular formula is C10H23N3O2. The van der Waals surface area contributed by atoms with E-state index in [0.29, 0.717) is 6.61 Å². The molecule has 1 rings (SSSR count). The van der Waals surface area contributed by atoms with Gasteiger partial charge in [-0.2, -0.15) is 0 Å². The van der Waals surface area contributed by atoms with Crippen molar-refractivity contribution in [3.8, 4) is 0 Å². The number of aliphatic hydroxyl groups is 1. The Hall–Kier alpha value is -0.200. The van der Waals surface area contributed by atoms with Crippen molar-refractivity contribution in [3.05, 3.63) is 0 Å². The third kappa shape index (κ3) is 5.44. The molecule has 90 valence electrons. The van der Waals surface area contributed by atoms with E-state index >= 15 is 0 Å². The minimum absolute atomic E-state index is 0.115. The molecule has 0 saturated carbocycles. The Bertz CT molecular complexity index is 147. The van der Waals surface area contributed by atoms with Gasteiger partial charge in [0.25, 0.3) is 0 Å². The molecule has 0 radical (unpaired) electrons. The number of rotatable bonds is 7. The zero-order valence-electron chi connectivity index (χ0n) is 9.40. The number of nitrogens with zero attached hydrogens (tertiary/aromatic N) is 2. The van der Waals surface area contributed by atoms with E-state index < -0.39 is 0 Å². The van der Waals surface area contributed by atoms with E-state index in [-0.39, 0.29) is 6.61 Å². The summed E-state index contributed by atoms with van der Waals surface area (Å²) in [6.07, 6.45) is 0. The van der Waals surface area contributed by atoms with Crippen molar-refractivity contribution in [1.29, 1.82) is 0 Å². The fraction of sp³-hybridized carbons (Fsp3) is 1.00. The number of nitrogens with two attached hydrogens (primary N) is 1. The van der Waals surface area contributed by atoms with Crippen LogP contribution in [-0.2, 0) is 4.74 Å². The molecule has 3 N–H and O–H groups in total. The van der Waals surface area contributed by atoms with Crippen LogP contribution in [0.4, 0.5) is 0 Å². The van der Waals surface area contributed by atoms with Gasteiger partial charge >= 0.3 is 0 Å². The van der Waals surface area contributed by atoms with Crippen LogP contribution in [0.1, 0.15) is 0 Å². The van der Waals surface area contributed by atoms with Crippen molar-refractivity contribution in [3.63, 3.8) is 0 Å². The van der Waals surface area contributed by atoms with Crippen LogP contribution >= 0.6 is 0 Å². The lowest BCUT2D eigenvalue weighted by atomic mass is 10.3. The first-order valence-corrected chi connectivity index (χ1v) is 5.70. The van der Waals surface area contributed by atoms with Gasteiger partial charge in [0.1, 0.15) is 0 Å². The van der Waals surface area contributed by atoms with Crippen molar-refractivity contribution in [1.82, 2.24) is 9.80 Å². The molecule has 15 heavy (non-hydrogen) atoms. The molecule has 0 amide bonds. The van der Waals surface area contributed by atoms with Gasteiger partial charge in [0.05, 0.1) is 19.8 Å². The lowest BCUT2D eigenvalue weighted by Crippen LogP contribution is -2.48. The summed E-state index contributed by atoms with van der Waals surface area (Å²) in [5.41, 5.74) is 5.51. The molecule has 0 aliphatic carbocycles. The van der Waals surface area contributed by atoms with Gasteiger partial charge in [-0.15, -0.1) is 0 Å². The average Bonchev–Trinajstić information content (AvgIpc) is 2.27. The average molecular weight is 217 g/mol. The van der Waals surface area contributed by atoms with Crippen LogP contribution < -0.4 is 5.73 Å². The molecule has 1 aliphatic heterocycles. The SMILES string of the molecule is NCCN1CCN(CCOCCO)CC1. The number of hydrogen-bond acceptors (Lipinski definition) is 5. The maximum atomic E-state index is 8.54. The molecule has 5 nitrogen and oxygen atoms in total. The molecule has 0 unspecified atom stereocenters. The van der Waals surface area contributed by atoms with Crippen molar-refractivity contribution in [2.75, 3.05) is 65.6 Å². The Morgan fingerprint density at radius 2 is 1.60 bits per heavy atom. The molecule has 0 aromatic heterocycles. The molecule has 0 atom stereocenters. The van der Waals surface area contributed by atoms with Crippen molar-refractivity contribution >= 4 is 0 Å². The highest BCUT2D eigenvalue weighted by Crippen LogP contribution is 2.00. The Morgan fingerprint density at radius 1 is 1.00 bits per heavy atom. The summed E-state index contributed by atoms with van der Waals surface area (Å²) in [4.78, 5) is 4.79. The number of piperazine rings is 1. The smallest absolute Gasteiger partial charge is 0.0698 e. The van der Waals surface area contributed by atoms with Crippen molar-refractivity contribution in [2.45, 2.75) is 0 Å². The Morgan fingerprint density at radius 3 is 2.13 bits per heavy atom. The fourth-order valence-electron chi connectivity index (χ4n) is 1.78. The Balaban J connectivity index is 1.99. The van der Waals surface area contributed by atoms with Crippen LogP contribution in [0.3, 0.4) is 0 Å². The molecule has 0 bridgehead atoms. The van der Waals surface area contributed by atoms with Gasteiger partial charge in [-0.3, -0.25) is 9.80 Å². The highest BCUT2D eigenvalue weighted by molar-refractivity contribution is 4.71. The summed E-state index contributed by atoms with van der Waals surface area (Å²) in [6, 6.07) is 0. The summed E-state index contributed by atoms with van der Waals surface area (Å²) in [5.74, 6) is 0. The van der Waals surface area contributed by atoms with Gasteiger partial charge in [-0.05, 0) is 0 Å². The number of hydrogen-bond donors (Lipinski definition) is 2. The molecular weight excluding hydrogens is 194 g/mol. The van der Waals surface area contributed by atoms with E-state index in [0.717, 1.165) is 52.4 Å². The Labute approximate surface area is 91.8 Å². The van der Waals surface area contributed by atoms with Gasteiger partial charge in [0, 0.05) is 45.8 Å². The monoisotopic (exact) mass is 217 g/mol. The summed E-state index contributed by atoms with van der Waals surface area (Å²) in [6.45, 7) is 8.43. The normalized spacial score (nSPS) is 19.6. The van der Waals surface area contributed by atoms with E-state index in [9.17, 15) is 0 Å². The second-order valence-electron chi connectivity index (χ2n) is 3.81. The summed E-state index contributed by atoms with van der Waals surface area (Å²) in [5, 5.41) is 8.54. The summed E-state index contributed by atoms with van der Waals surface area (Å²) in [7, 11) is 0. The van der Waals surface area contributed by atoms with Crippen molar-refractivity contribution in [2.24, 2.45) is 5.73 Å². The molecule has 0 spiro atoms. The van der Waals surface area contributed by atoms with Crippen LogP contribution in [0.2, 0.25) is 0 Å².